The van der Waals surface area contributed by atoms with Gasteiger partial charge in [0.2, 0.25) is 5.91 Å². The molecule has 1 fully saturated rings. The molecule has 1 rings (SSSR count). The predicted octanol–water partition coefficient (Wildman–Crippen LogP) is 2.44. The van der Waals surface area contributed by atoms with Crippen LogP contribution in [0.1, 0.15) is 58.3 Å². The van der Waals surface area contributed by atoms with Crippen molar-refractivity contribution in [2.45, 2.75) is 64.4 Å². The number of hydrogen-bond acceptors (Lipinski definition) is 3. The summed E-state index contributed by atoms with van der Waals surface area (Å²) in [5.74, 6) is -0.574. The minimum absolute atomic E-state index is 0.0522. The van der Waals surface area contributed by atoms with Crippen LogP contribution < -0.4 is 0 Å². The van der Waals surface area contributed by atoms with Gasteiger partial charge >= 0.3 is 5.97 Å². The van der Waals surface area contributed by atoms with E-state index in [1.807, 2.05) is 4.90 Å². The third-order valence-corrected chi connectivity index (χ3v) is 3.71. The summed E-state index contributed by atoms with van der Waals surface area (Å²) in [4.78, 5) is 24.3. The summed E-state index contributed by atoms with van der Waals surface area (Å²) in [6, 6.07) is 0. The molecule has 5 heteroatoms. The topological polar surface area (TPSA) is 66.8 Å². The van der Waals surface area contributed by atoms with E-state index in [2.05, 4.69) is 6.92 Å². The summed E-state index contributed by atoms with van der Waals surface area (Å²) in [5, 5.41) is 8.55. The molecule has 116 valence electrons. The Bertz CT molecular complexity index is 298. The lowest BCUT2D eigenvalue weighted by molar-refractivity contribution is -0.139. The van der Waals surface area contributed by atoms with Crippen LogP contribution in [0.3, 0.4) is 0 Å². The molecule has 1 heterocycles. The fraction of sp³-hybridized carbons (Fsp3) is 0.867. The van der Waals surface area contributed by atoms with E-state index in [1.54, 1.807) is 0 Å². The van der Waals surface area contributed by atoms with E-state index < -0.39 is 5.97 Å². The van der Waals surface area contributed by atoms with Crippen molar-refractivity contribution in [1.82, 2.24) is 4.90 Å². The molecule has 0 atom stereocenters. The second-order valence-electron chi connectivity index (χ2n) is 5.41. The Balaban J connectivity index is 2.11. The molecule has 1 aliphatic heterocycles. The molecular weight excluding hydrogens is 258 g/mol. The summed E-state index contributed by atoms with van der Waals surface area (Å²) in [5.41, 5.74) is 0. The fourth-order valence-electron chi connectivity index (χ4n) is 2.45. The van der Waals surface area contributed by atoms with Crippen molar-refractivity contribution in [1.29, 1.82) is 0 Å². The van der Waals surface area contributed by atoms with Crippen LogP contribution in [0, 0.1) is 0 Å². The highest BCUT2D eigenvalue weighted by atomic mass is 16.5. The molecule has 1 N–H and O–H groups in total. The first kappa shape index (κ1) is 17.0. The Kier molecular flexibility index (Phi) is 8.26. The Morgan fingerprint density at radius 3 is 2.45 bits per heavy atom. The van der Waals surface area contributed by atoms with Crippen molar-refractivity contribution in [2.24, 2.45) is 0 Å². The van der Waals surface area contributed by atoms with Crippen LogP contribution in [0.15, 0.2) is 0 Å². The molecule has 1 amide bonds. The van der Waals surface area contributed by atoms with Crippen LogP contribution in [0.2, 0.25) is 0 Å². The van der Waals surface area contributed by atoms with Gasteiger partial charge in [-0.2, -0.15) is 0 Å². The minimum Gasteiger partial charge on any atom is -0.481 e. The number of piperidine rings is 1. The molecule has 0 spiro atoms. The van der Waals surface area contributed by atoms with Crippen LogP contribution in [-0.2, 0) is 14.3 Å². The molecule has 20 heavy (non-hydrogen) atoms. The van der Waals surface area contributed by atoms with E-state index in [1.165, 1.54) is 12.8 Å². The van der Waals surface area contributed by atoms with Gasteiger partial charge in [-0.3, -0.25) is 9.59 Å². The van der Waals surface area contributed by atoms with Crippen LogP contribution >= 0.6 is 0 Å². The molecule has 1 aliphatic rings. The number of unbranched alkanes of at least 4 members (excludes halogenated alkanes) is 3. The first-order valence-electron chi connectivity index (χ1n) is 7.74. The number of hydrogen-bond donors (Lipinski definition) is 1. The number of ether oxygens (including phenoxy) is 1. The zero-order chi connectivity index (χ0) is 14.8. The SMILES string of the molecule is CCCCCCC(=O)N1CCC(OCCC(=O)O)CC1. The van der Waals surface area contributed by atoms with Crippen molar-refractivity contribution >= 4 is 11.9 Å². The summed E-state index contributed by atoms with van der Waals surface area (Å²) >= 11 is 0. The van der Waals surface area contributed by atoms with E-state index in [9.17, 15) is 9.59 Å². The maximum Gasteiger partial charge on any atom is 0.305 e. The smallest absolute Gasteiger partial charge is 0.305 e. The molecular formula is C15H27NO4. The number of carbonyl (C=O) groups excluding carboxylic acids is 1. The first-order valence-corrected chi connectivity index (χ1v) is 7.74. The number of rotatable bonds is 9. The number of carboxylic acids is 1. The number of nitrogens with zero attached hydrogens (tertiary/aromatic N) is 1. The normalized spacial score (nSPS) is 16.4. The Morgan fingerprint density at radius 1 is 1.15 bits per heavy atom. The van der Waals surface area contributed by atoms with Gasteiger partial charge in [0.1, 0.15) is 0 Å². The highest BCUT2D eigenvalue weighted by molar-refractivity contribution is 5.76. The van der Waals surface area contributed by atoms with Gasteiger partial charge in [-0.05, 0) is 19.3 Å². The molecule has 0 saturated carbocycles. The Hall–Kier alpha value is -1.10. The lowest BCUT2D eigenvalue weighted by Gasteiger charge is -2.32. The van der Waals surface area contributed by atoms with E-state index in [0.29, 0.717) is 6.42 Å². The maximum atomic E-state index is 12.0. The summed E-state index contributed by atoms with van der Waals surface area (Å²) < 4.78 is 5.52. The van der Waals surface area contributed by atoms with Gasteiger partial charge in [-0.15, -0.1) is 0 Å². The molecule has 0 bridgehead atoms. The summed E-state index contributed by atoms with van der Waals surface area (Å²) in [7, 11) is 0. The van der Waals surface area contributed by atoms with Gasteiger partial charge < -0.3 is 14.7 Å². The number of likely N-dealkylation sites (tertiary alicyclic amines) is 1. The highest BCUT2D eigenvalue weighted by Gasteiger charge is 2.22. The van der Waals surface area contributed by atoms with Crippen molar-refractivity contribution in [3.63, 3.8) is 0 Å². The molecule has 0 aromatic heterocycles. The largest absolute Gasteiger partial charge is 0.481 e. The van der Waals surface area contributed by atoms with Gasteiger partial charge in [0.25, 0.3) is 0 Å². The molecule has 1 saturated heterocycles. The minimum atomic E-state index is -0.829. The summed E-state index contributed by atoms with van der Waals surface area (Å²) in [6.07, 6.45) is 6.97. The maximum absolute atomic E-state index is 12.0. The van der Waals surface area contributed by atoms with Crippen LogP contribution in [0.5, 0.6) is 0 Å². The molecule has 0 radical (unpaired) electrons. The lowest BCUT2D eigenvalue weighted by Crippen LogP contribution is -2.40. The Labute approximate surface area is 121 Å². The van der Waals surface area contributed by atoms with Crippen LogP contribution in [0.4, 0.5) is 0 Å². The second kappa shape index (κ2) is 9.75. The van der Waals surface area contributed by atoms with E-state index in [0.717, 1.165) is 38.8 Å². The standard InChI is InChI=1S/C15H27NO4/c1-2-3-4-5-6-14(17)16-10-7-13(8-11-16)20-12-9-15(18)19/h13H,2-12H2,1H3,(H,18,19). The fourth-order valence-corrected chi connectivity index (χ4v) is 2.45. The van der Waals surface area contributed by atoms with Crippen LogP contribution in [0.25, 0.3) is 0 Å². The number of amides is 1. The van der Waals surface area contributed by atoms with Crippen molar-refractivity contribution < 1.29 is 19.4 Å². The van der Waals surface area contributed by atoms with E-state index in [-0.39, 0.29) is 25.0 Å². The highest BCUT2D eigenvalue weighted by Crippen LogP contribution is 2.16. The van der Waals surface area contributed by atoms with Crippen molar-refractivity contribution in [2.75, 3.05) is 19.7 Å². The molecule has 0 aromatic carbocycles. The zero-order valence-corrected chi connectivity index (χ0v) is 12.5. The van der Waals surface area contributed by atoms with Gasteiger partial charge in [-0.25, -0.2) is 0 Å². The molecule has 0 unspecified atom stereocenters. The second-order valence-corrected chi connectivity index (χ2v) is 5.41. The first-order chi connectivity index (χ1) is 9.63. The molecule has 0 aromatic rings. The molecule has 5 nitrogen and oxygen atoms in total. The van der Waals surface area contributed by atoms with Crippen molar-refractivity contribution in [3.8, 4) is 0 Å². The third kappa shape index (κ3) is 6.89. The third-order valence-electron chi connectivity index (χ3n) is 3.71. The average Bonchev–Trinajstić information content (AvgIpc) is 2.44. The number of aliphatic carboxylic acids is 1. The average molecular weight is 285 g/mol. The predicted molar refractivity (Wildman–Crippen MR) is 76.6 cm³/mol. The Morgan fingerprint density at radius 2 is 1.85 bits per heavy atom. The number of carboxylic acid groups (broad SMARTS) is 1. The van der Waals surface area contributed by atoms with Crippen LogP contribution in [-0.4, -0.2) is 47.7 Å². The van der Waals surface area contributed by atoms with Gasteiger partial charge in [0.05, 0.1) is 19.1 Å². The zero-order valence-electron chi connectivity index (χ0n) is 12.5. The lowest BCUT2D eigenvalue weighted by atomic mass is 10.1. The monoisotopic (exact) mass is 285 g/mol. The van der Waals surface area contributed by atoms with Gasteiger partial charge in [-0.1, -0.05) is 26.2 Å². The number of carbonyl (C=O) groups is 2. The van der Waals surface area contributed by atoms with E-state index in [4.69, 9.17) is 9.84 Å². The van der Waals surface area contributed by atoms with Gasteiger partial charge in [0.15, 0.2) is 0 Å². The van der Waals surface area contributed by atoms with Crippen molar-refractivity contribution in [3.05, 3.63) is 0 Å². The van der Waals surface area contributed by atoms with Gasteiger partial charge in [0, 0.05) is 19.5 Å². The molecule has 0 aliphatic carbocycles. The summed E-state index contributed by atoms with van der Waals surface area (Å²) in [6.45, 7) is 3.91. The van der Waals surface area contributed by atoms with E-state index >= 15 is 0 Å². The quantitative estimate of drug-likeness (QED) is 0.661.